The van der Waals surface area contributed by atoms with Gasteiger partial charge in [0, 0.05) is 31.0 Å². The Morgan fingerprint density at radius 1 is 1.03 bits per heavy atom. The van der Waals surface area contributed by atoms with E-state index in [4.69, 9.17) is 14.6 Å². The first-order chi connectivity index (χ1) is 16.7. The number of rotatable bonds is 3. The van der Waals surface area contributed by atoms with Gasteiger partial charge in [-0.3, -0.25) is 9.80 Å². The number of ether oxygens (including phenoxy) is 2. The van der Waals surface area contributed by atoms with E-state index >= 15 is 0 Å². The normalized spacial score (nSPS) is 44.0. The van der Waals surface area contributed by atoms with Crippen LogP contribution in [0.4, 0.5) is 0 Å². The zero-order chi connectivity index (χ0) is 24.5. The van der Waals surface area contributed by atoms with Gasteiger partial charge in [0.25, 0.3) is 0 Å². The highest BCUT2D eigenvalue weighted by Gasteiger charge is 2.63. The van der Waals surface area contributed by atoms with E-state index in [0.717, 1.165) is 36.3 Å². The third-order valence-electron chi connectivity index (χ3n) is 11.3. The highest BCUT2D eigenvalue weighted by molar-refractivity contribution is 5.96. The second-order valence-electron chi connectivity index (χ2n) is 12.7. The van der Waals surface area contributed by atoms with Crippen molar-refractivity contribution in [1.82, 2.24) is 5.01 Å². The SMILES string of the molecule is COc1ccc(C2C3CC4C5CC[C@H]6CC(OC(C)=O)CC[C@]6(C)C5CC[C@]4(C)C3=NN2C)cc1. The molecule has 0 spiro atoms. The van der Waals surface area contributed by atoms with Crippen molar-refractivity contribution >= 4 is 11.7 Å². The maximum atomic E-state index is 11.6. The van der Waals surface area contributed by atoms with Crippen LogP contribution < -0.4 is 4.74 Å². The molecule has 0 radical (unpaired) electrons. The number of carbonyl (C=O) groups excluding carboxylic acids is 1. The number of hydrogen-bond acceptors (Lipinski definition) is 5. The molecule has 4 saturated carbocycles. The van der Waals surface area contributed by atoms with E-state index in [1.54, 1.807) is 14.0 Å². The van der Waals surface area contributed by atoms with Crippen molar-refractivity contribution in [2.45, 2.75) is 84.3 Å². The summed E-state index contributed by atoms with van der Waals surface area (Å²) in [5, 5.41) is 7.49. The number of methoxy groups -OCH3 is 1. The first-order valence-electron chi connectivity index (χ1n) is 13.9. The Morgan fingerprint density at radius 3 is 2.51 bits per heavy atom. The Labute approximate surface area is 210 Å². The minimum absolute atomic E-state index is 0.115. The van der Waals surface area contributed by atoms with Gasteiger partial charge < -0.3 is 9.47 Å². The molecule has 1 aromatic rings. The van der Waals surface area contributed by atoms with Gasteiger partial charge in [0.05, 0.1) is 13.2 Å². The van der Waals surface area contributed by atoms with E-state index < -0.39 is 0 Å². The number of carbonyl (C=O) groups is 1. The van der Waals surface area contributed by atoms with E-state index in [9.17, 15) is 4.79 Å². The minimum Gasteiger partial charge on any atom is -0.497 e. The lowest BCUT2D eigenvalue weighted by Crippen LogP contribution is -2.54. The summed E-state index contributed by atoms with van der Waals surface area (Å²) in [6.07, 6.45) is 9.95. The molecule has 5 nitrogen and oxygen atoms in total. The molecule has 5 aliphatic rings. The predicted octanol–water partition coefficient (Wildman–Crippen LogP) is 6.24. The number of hydrogen-bond donors (Lipinski definition) is 0. The summed E-state index contributed by atoms with van der Waals surface area (Å²) in [5.74, 6) is 4.36. The van der Waals surface area contributed by atoms with E-state index in [2.05, 4.69) is 50.2 Å². The quantitative estimate of drug-likeness (QED) is 0.483. The van der Waals surface area contributed by atoms with Crippen molar-refractivity contribution in [1.29, 1.82) is 0 Å². The molecule has 1 heterocycles. The van der Waals surface area contributed by atoms with Crippen molar-refractivity contribution in [2.75, 3.05) is 14.2 Å². The number of nitrogens with zero attached hydrogens (tertiary/aromatic N) is 2. The maximum absolute atomic E-state index is 11.6. The molecular formula is C30H42N2O3. The molecule has 35 heavy (non-hydrogen) atoms. The molecule has 1 aliphatic heterocycles. The molecule has 6 unspecified atom stereocenters. The smallest absolute Gasteiger partial charge is 0.302 e. The number of fused-ring (bicyclic) bond motifs is 7. The fourth-order valence-electron chi connectivity index (χ4n) is 9.65. The molecule has 0 aromatic heterocycles. The van der Waals surface area contributed by atoms with Gasteiger partial charge in [-0.1, -0.05) is 26.0 Å². The molecule has 5 heteroatoms. The fourth-order valence-corrected chi connectivity index (χ4v) is 9.65. The molecule has 4 fully saturated rings. The minimum atomic E-state index is -0.115. The lowest BCUT2D eigenvalue weighted by Gasteiger charge is -2.60. The second kappa shape index (κ2) is 8.24. The van der Waals surface area contributed by atoms with Gasteiger partial charge in [-0.15, -0.1) is 0 Å². The second-order valence-corrected chi connectivity index (χ2v) is 12.7. The zero-order valence-corrected chi connectivity index (χ0v) is 22.1. The maximum Gasteiger partial charge on any atom is 0.302 e. The van der Waals surface area contributed by atoms with Crippen LogP contribution in [0.15, 0.2) is 29.4 Å². The average Bonchev–Trinajstić information content (AvgIpc) is 3.31. The molecular weight excluding hydrogens is 436 g/mol. The average molecular weight is 479 g/mol. The van der Waals surface area contributed by atoms with Gasteiger partial charge in [-0.25, -0.2) is 0 Å². The molecule has 0 N–H and O–H groups in total. The van der Waals surface area contributed by atoms with E-state index in [1.807, 2.05) is 0 Å². The number of esters is 1. The highest BCUT2D eigenvalue weighted by Crippen LogP contribution is 2.68. The Hall–Kier alpha value is -2.04. The standard InChI is InChI=1S/C30H42N2O3/c1-18(33)35-22-12-14-29(2)20(16-22)8-11-23-25(29)13-15-30(3)26(23)17-24-27(32(4)31-28(24)30)19-6-9-21(34-5)10-7-19/h6-7,9-10,20,22-27H,8,11-17H2,1-5H3/t20-,22?,23?,24?,25?,26?,27?,29-,30-/m0/s1. The molecule has 9 atom stereocenters. The summed E-state index contributed by atoms with van der Waals surface area (Å²) < 4.78 is 11.1. The number of hydrazone groups is 1. The summed E-state index contributed by atoms with van der Waals surface area (Å²) >= 11 is 0. The summed E-state index contributed by atoms with van der Waals surface area (Å²) in [7, 11) is 3.90. The molecule has 0 bridgehead atoms. The summed E-state index contributed by atoms with van der Waals surface area (Å²) in [6, 6.07) is 8.99. The van der Waals surface area contributed by atoms with Crippen LogP contribution in [0, 0.1) is 40.4 Å². The van der Waals surface area contributed by atoms with Gasteiger partial charge in [0.2, 0.25) is 0 Å². The van der Waals surface area contributed by atoms with Crippen LogP contribution >= 0.6 is 0 Å². The molecule has 6 rings (SSSR count). The number of benzene rings is 1. The van der Waals surface area contributed by atoms with Gasteiger partial charge in [-0.2, -0.15) is 5.10 Å². The Balaban J connectivity index is 1.25. The van der Waals surface area contributed by atoms with Crippen LogP contribution in [-0.2, 0) is 9.53 Å². The molecule has 4 aliphatic carbocycles. The van der Waals surface area contributed by atoms with Crippen molar-refractivity contribution in [3.05, 3.63) is 29.8 Å². The van der Waals surface area contributed by atoms with Gasteiger partial charge in [0.1, 0.15) is 11.9 Å². The highest BCUT2D eigenvalue weighted by atomic mass is 16.5. The first kappa shape index (κ1) is 23.4. The first-order valence-corrected chi connectivity index (χ1v) is 13.9. The van der Waals surface area contributed by atoms with Gasteiger partial charge in [-0.05, 0) is 98.1 Å². The van der Waals surface area contributed by atoms with Crippen LogP contribution in [0.25, 0.3) is 0 Å². The fraction of sp³-hybridized carbons (Fsp3) is 0.733. The van der Waals surface area contributed by atoms with Crippen molar-refractivity contribution in [3.8, 4) is 5.75 Å². The lowest BCUT2D eigenvalue weighted by atomic mass is 9.45. The Kier molecular flexibility index (Phi) is 5.50. The van der Waals surface area contributed by atoms with Crippen LogP contribution in [0.2, 0.25) is 0 Å². The van der Waals surface area contributed by atoms with E-state index in [0.29, 0.717) is 23.3 Å². The van der Waals surface area contributed by atoms with Gasteiger partial charge in [0.15, 0.2) is 0 Å². The van der Waals surface area contributed by atoms with Crippen LogP contribution in [0.3, 0.4) is 0 Å². The van der Waals surface area contributed by atoms with Crippen molar-refractivity contribution in [2.24, 2.45) is 45.5 Å². The molecule has 0 amide bonds. The largest absolute Gasteiger partial charge is 0.497 e. The summed E-state index contributed by atoms with van der Waals surface area (Å²) in [6.45, 7) is 6.69. The molecule has 190 valence electrons. The zero-order valence-electron chi connectivity index (χ0n) is 22.1. The third kappa shape index (κ3) is 3.47. The van der Waals surface area contributed by atoms with Crippen molar-refractivity contribution in [3.63, 3.8) is 0 Å². The Bertz CT molecular complexity index is 1020. The summed E-state index contributed by atoms with van der Waals surface area (Å²) in [4.78, 5) is 11.6. The summed E-state index contributed by atoms with van der Waals surface area (Å²) in [5.41, 5.74) is 3.47. The van der Waals surface area contributed by atoms with E-state index in [-0.39, 0.29) is 17.5 Å². The van der Waals surface area contributed by atoms with Gasteiger partial charge >= 0.3 is 5.97 Å². The van der Waals surface area contributed by atoms with Crippen LogP contribution in [-0.4, -0.2) is 37.0 Å². The third-order valence-corrected chi connectivity index (χ3v) is 11.3. The lowest BCUT2D eigenvalue weighted by molar-refractivity contribution is -0.158. The molecule has 1 aromatic carbocycles. The topological polar surface area (TPSA) is 51.1 Å². The van der Waals surface area contributed by atoms with Crippen LogP contribution in [0.1, 0.15) is 83.7 Å². The van der Waals surface area contributed by atoms with Crippen LogP contribution in [0.5, 0.6) is 5.75 Å². The van der Waals surface area contributed by atoms with Crippen molar-refractivity contribution < 1.29 is 14.3 Å². The van der Waals surface area contributed by atoms with E-state index in [1.165, 1.54) is 49.8 Å². The molecule has 0 saturated heterocycles. The Morgan fingerprint density at radius 2 is 1.80 bits per heavy atom. The predicted molar refractivity (Wildman–Crippen MR) is 137 cm³/mol. The monoisotopic (exact) mass is 478 g/mol.